The molecule has 1 saturated heterocycles. The maximum Gasteiger partial charge on any atom is 0.258 e. The van der Waals surface area contributed by atoms with Gasteiger partial charge in [0.2, 0.25) is 0 Å². The molecule has 1 fully saturated rings. The van der Waals surface area contributed by atoms with Gasteiger partial charge >= 0.3 is 0 Å². The molecule has 0 atom stereocenters. The topological polar surface area (TPSA) is 54.0 Å². The zero-order valence-corrected chi connectivity index (χ0v) is 14.0. The number of carbonyl (C=O) groups is 1. The molecule has 1 heterocycles. The summed E-state index contributed by atoms with van der Waals surface area (Å²) in [6.45, 7) is 6.11. The third kappa shape index (κ3) is 5.26. The van der Waals surface area contributed by atoms with Gasteiger partial charge < -0.3 is 14.4 Å². The zero-order chi connectivity index (χ0) is 16.7. The van der Waals surface area contributed by atoms with E-state index in [9.17, 15) is 4.79 Å². The Labute approximate surface area is 137 Å². The van der Waals surface area contributed by atoms with Crippen LogP contribution in [0.2, 0.25) is 0 Å². The van der Waals surface area contributed by atoms with Gasteiger partial charge in [0.25, 0.3) is 5.91 Å². The lowest BCUT2D eigenvalue weighted by molar-refractivity contribution is -0.121. The quantitative estimate of drug-likeness (QED) is 0.803. The van der Waals surface area contributed by atoms with Gasteiger partial charge in [-0.1, -0.05) is 6.07 Å². The van der Waals surface area contributed by atoms with Gasteiger partial charge in [-0.15, -0.1) is 0 Å². The molecule has 0 bridgehead atoms. The van der Waals surface area contributed by atoms with Crippen LogP contribution in [0.4, 0.5) is 0 Å². The molecule has 126 valence electrons. The number of amides is 1. The van der Waals surface area contributed by atoms with Crippen molar-refractivity contribution < 1.29 is 14.3 Å². The first-order valence-corrected chi connectivity index (χ1v) is 7.85. The van der Waals surface area contributed by atoms with Gasteiger partial charge in [-0.25, -0.2) is 5.01 Å². The summed E-state index contributed by atoms with van der Waals surface area (Å²) in [4.78, 5) is 14.2. The number of ether oxygens (including phenoxy) is 2. The second-order valence-electron chi connectivity index (χ2n) is 5.44. The molecule has 0 spiro atoms. The molecule has 0 aromatic heterocycles. The van der Waals surface area contributed by atoms with Crippen LogP contribution in [0.3, 0.4) is 0 Å². The Balaban J connectivity index is 1.92. The number of hydrogen-bond acceptors (Lipinski definition) is 5. The lowest BCUT2D eigenvalue weighted by Crippen LogP contribution is -2.52. The maximum atomic E-state index is 12.0. The van der Waals surface area contributed by atoms with E-state index in [0.29, 0.717) is 18.1 Å². The Hall–Kier alpha value is -2.05. The van der Waals surface area contributed by atoms with Crippen LogP contribution < -0.4 is 14.9 Å². The monoisotopic (exact) mass is 319 g/mol. The standard InChI is InChI=1S/C17H25N3O3/c1-4-23-15-7-5-14(13-16(15)22-3)6-8-17(21)18-20-11-9-19(2)10-12-20/h5-8,13H,4,9-12H2,1-3H3,(H,18,21)/b8-6+. The second-order valence-corrected chi connectivity index (χ2v) is 5.44. The molecule has 0 radical (unpaired) electrons. The molecular weight excluding hydrogens is 294 g/mol. The van der Waals surface area contributed by atoms with Crippen molar-refractivity contribution in [3.05, 3.63) is 29.8 Å². The highest BCUT2D eigenvalue weighted by Crippen LogP contribution is 2.28. The summed E-state index contributed by atoms with van der Waals surface area (Å²) in [6.07, 6.45) is 3.30. The lowest BCUT2D eigenvalue weighted by atomic mass is 10.2. The molecule has 1 aliphatic heterocycles. The van der Waals surface area contributed by atoms with Crippen molar-refractivity contribution in [2.24, 2.45) is 0 Å². The molecule has 23 heavy (non-hydrogen) atoms. The van der Waals surface area contributed by atoms with Crippen LogP contribution in [0.15, 0.2) is 24.3 Å². The predicted octanol–water partition coefficient (Wildman–Crippen LogP) is 1.39. The van der Waals surface area contributed by atoms with E-state index in [1.807, 2.05) is 30.1 Å². The molecule has 1 N–H and O–H groups in total. The van der Waals surface area contributed by atoms with E-state index in [-0.39, 0.29) is 5.91 Å². The minimum atomic E-state index is -0.123. The summed E-state index contributed by atoms with van der Waals surface area (Å²) in [5.74, 6) is 1.24. The molecular formula is C17H25N3O3. The number of methoxy groups -OCH3 is 1. The number of hydrazine groups is 1. The van der Waals surface area contributed by atoms with Crippen LogP contribution in [0.25, 0.3) is 6.08 Å². The van der Waals surface area contributed by atoms with Crippen molar-refractivity contribution in [1.82, 2.24) is 15.3 Å². The lowest BCUT2D eigenvalue weighted by Gasteiger charge is -2.31. The van der Waals surface area contributed by atoms with Gasteiger partial charge in [-0.05, 0) is 37.7 Å². The van der Waals surface area contributed by atoms with Crippen molar-refractivity contribution in [2.75, 3.05) is 46.9 Å². The Morgan fingerprint density at radius 2 is 2.00 bits per heavy atom. The van der Waals surface area contributed by atoms with Crippen LogP contribution in [-0.4, -0.2) is 62.8 Å². The van der Waals surface area contributed by atoms with Gasteiger partial charge in [0.1, 0.15) is 0 Å². The molecule has 0 saturated carbocycles. The average molecular weight is 319 g/mol. The van der Waals surface area contributed by atoms with Crippen molar-refractivity contribution in [3.63, 3.8) is 0 Å². The summed E-state index contributed by atoms with van der Waals surface area (Å²) in [6, 6.07) is 5.60. The number of likely N-dealkylation sites (N-methyl/N-ethyl adjacent to an activating group) is 1. The fraction of sp³-hybridized carbons (Fsp3) is 0.471. The summed E-state index contributed by atoms with van der Waals surface area (Å²) in [5.41, 5.74) is 3.78. The van der Waals surface area contributed by atoms with Gasteiger partial charge in [0.15, 0.2) is 11.5 Å². The fourth-order valence-electron chi connectivity index (χ4n) is 2.35. The molecule has 0 unspecified atom stereocenters. The largest absolute Gasteiger partial charge is 0.493 e. The maximum absolute atomic E-state index is 12.0. The van der Waals surface area contributed by atoms with Gasteiger partial charge in [-0.2, -0.15) is 0 Å². The number of nitrogens with zero attached hydrogens (tertiary/aromatic N) is 2. The Morgan fingerprint density at radius 3 is 2.65 bits per heavy atom. The fourth-order valence-corrected chi connectivity index (χ4v) is 2.35. The van der Waals surface area contributed by atoms with Crippen LogP contribution >= 0.6 is 0 Å². The molecule has 1 aliphatic rings. The van der Waals surface area contributed by atoms with Crippen molar-refractivity contribution >= 4 is 12.0 Å². The first-order valence-electron chi connectivity index (χ1n) is 7.85. The highest BCUT2D eigenvalue weighted by atomic mass is 16.5. The number of benzene rings is 1. The van der Waals surface area contributed by atoms with E-state index >= 15 is 0 Å². The minimum absolute atomic E-state index is 0.123. The van der Waals surface area contributed by atoms with Gasteiger partial charge in [0.05, 0.1) is 13.7 Å². The van der Waals surface area contributed by atoms with E-state index in [2.05, 4.69) is 17.4 Å². The third-order valence-corrected chi connectivity index (χ3v) is 3.69. The number of rotatable bonds is 6. The first-order chi connectivity index (χ1) is 11.1. The molecule has 0 aliphatic carbocycles. The molecule has 1 aromatic carbocycles. The molecule has 2 rings (SSSR count). The minimum Gasteiger partial charge on any atom is -0.493 e. The molecule has 1 aromatic rings. The van der Waals surface area contributed by atoms with E-state index in [1.54, 1.807) is 13.2 Å². The molecule has 6 nitrogen and oxygen atoms in total. The first kappa shape index (κ1) is 17.3. The van der Waals surface area contributed by atoms with Crippen LogP contribution in [0.1, 0.15) is 12.5 Å². The third-order valence-electron chi connectivity index (χ3n) is 3.69. The molecule has 6 heteroatoms. The second kappa shape index (κ2) is 8.55. The SMILES string of the molecule is CCOc1ccc(/C=C/C(=O)NN2CCN(C)CC2)cc1OC. The molecule has 1 amide bonds. The normalized spacial score (nSPS) is 16.5. The van der Waals surface area contributed by atoms with Crippen molar-refractivity contribution in [2.45, 2.75) is 6.92 Å². The summed E-state index contributed by atoms with van der Waals surface area (Å²) in [5, 5.41) is 1.95. The zero-order valence-electron chi connectivity index (χ0n) is 14.0. The number of carbonyl (C=O) groups excluding carboxylic acids is 1. The Morgan fingerprint density at radius 1 is 1.26 bits per heavy atom. The summed E-state index contributed by atoms with van der Waals surface area (Å²) < 4.78 is 10.8. The smallest absolute Gasteiger partial charge is 0.258 e. The number of hydrogen-bond donors (Lipinski definition) is 1. The van der Waals surface area contributed by atoms with Crippen LogP contribution in [-0.2, 0) is 4.79 Å². The highest BCUT2D eigenvalue weighted by Gasteiger charge is 2.14. The van der Waals surface area contributed by atoms with E-state index in [4.69, 9.17) is 9.47 Å². The highest BCUT2D eigenvalue weighted by molar-refractivity contribution is 5.91. The summed E-state index contributed by atoms with van der Waals surface area (Å²) in [7, 11) is 3.68. The predicted molar refractivity (Wildman–Crippen MR) is 90.4 cm³/mol. The van der Waals surface area contributed by atoms with Crippen LogP contribution in [0, 0.1) is 0 Å². The number of nitrogens with one attached hydrogen (secondary N) is 1. The van der Waals surface area contributed by atoms with E-state index in [0.717, 1.165) is 31.7 Å². The van der Waals surface area contributed by atoms with Crippen molar-refractivity contribution in [3.8, 4) is 11.5 Å². The van der Waals surface area contributed by atoms with E-state index in [1.165, 1.54) is 6.08 Å². The van der Waals surface area contributed by atoms with Crippen LogP contribution in [0.5, 0.6) is 11.5 Å². The van der Waals surface area contributed by atoms with Gasteiger partial charge in [0, 0.05) is 32.3 Å². The van der Waals surface area contributed by atoms with E-state index < -0.39 is 0 Å². The van der Waals surface area contributed by atoms with Crippen molar-refractivity contribution in [1.29, 1.82) is 0 Å². The average Bonchev–Trinajstić information content (AvgIpc) is 2.56. The Bertz CT molecular complexity index is 552. The summed E-state index contributed by atoms with van der Waals surface area (Å²) >= 11 is 0. The van der Waals surface area contributed by atoms with Gasteiger partial charge in [-0.3, -0.25) is 10.2 Å². The number of piperazine rings is 1. The Kier molecular flexibility index (Phi) is 6.43.